The Labute approximate surface area is 219 Å². The molecule has 0 heterocycles. The molecule has 2 aromatic rings. The van der Waals surface area contributed by atoms with E-state index in [9.17, 15) is 4.79 Å². The maximum absolute atomic E-state index is 12.0. The Morgan fingerprint density at radius 1 is 1.03 bits per heavy atom. The second-order valence-electron chi connectivity index (χ2n) is 11.5. The summed E-state index contributed by atoms with van der Waals surface area (Å²) in [5.74, 6) is 0.579. The van der Waals surface area contributed by atoms with E-state index in [1.54, 1.807) is 14.0 Å². The highest BCUT2D eigenvalue weighted by molar-refractivity contribution is 6.99. The van der Waals surface area contributed by atoms with Crippen LogP contribution >= 0.6 is 0 Å². The minimum absolute atomic E-state index is 0.0249. The third-order valence-electron chi connectivity index (χ3n) is 8.05. The quantitative estimate of drug-likeness (QED) is 0.216. The Morgan fingerprint density at radius 2 is 1.58 bits per heavy atom. The van der Waals surface area contributed by atoms with E-state index in [0.29, 0.717) is 18.9 Å². The van der Waals surface area contributed by atoms with Crippen LogP contribution in [-0.2, 0) is 18.7 Å². The van der Waals surface area contributed by atoms with Crippen LogP contribution in [0.25, 0.3) is 0 Å². The summed E-state index contributed by atoms with van der Waals surface area (Å²) in [5, 5.41) is 2.44. The Balaban J connectivity index is 2.08. The monoisotopic (exact) mass is 508 g/mol. The summed E-state index contributed by atoms with van der Waals surface area (Å²) in [6, 6.07) is 21.5. The van der Waals surface area contributed by atoms with E-state index in [1.807, 2.05) is 0 Å². The van der Waals surface area contributed by atoms with Crippen LogP contribution in [-0.4, -0.2) is 40.7 Å². The van der Waals surface area contributed by atoms with Crippen molar-refractivity contribution in [2.45, 2.75) is 71.9 Å². The van der Waals surface area contributed by atoms with Crippen molar-refractivity contribution in [1.29, 1.82) is 0 Å². The SMILES string of the molecule is COCO[C@@H]1C=C(CO[Si](c2ccccc2)(c2ccccc2)C(C)(C)C)[C@@](C)(CCC(C)=O)[C@H](C)C1. The number of methoxy groups -OCH3 is 1. The van der Waals surface area contributed by atoms with Gasteiger partial charge >= 0.3 is 0 Å². The molecule has 3 atom stereocenters. The maximum Gasteiger partial charge on any atom is 0.261 e. The van der Waals surface area contributed by atoms with Gasteiger partial charge in [0.25, 0.3) is 8.32 Å². The van der Waals surface area contributed by atoms with E-state index in [1.165, 1.54) is 15.9 Å². The van der Waals surface area contributed by atoms with Gasteiger partial charge in [0.05, 0.1) is 12.7 Å². The molecule has 2 aromatic carbocycles. The van der Waals surface area contributed by atoms with Gasteiger partial charge in [0, 0.05) is 13.5 Å². The molecule has 0 amide bonds. The van der Waals surface area contributed by atoms with Gasteiger partial charge in [-0.3, -0.25) is 0 Å². The Bertz CT molecular complexity index is 972. The van der Waals surface area contributed by atoms with Crippen LogP contribution in [0, 0.1) is 11.3 Å². The molecule has 3 rings (SSSR count). The van der Waals surface area contributed by atoms with Gasteiger partial charge in [-0.05, 0) is 52.1 Å². The highest BCUT2D eigenvalue weighted by Gasteiger charge is 2.51. The van der Waals surface area contributed by atoms with Crippen molar-refractivity contribution in [1.82, 2.24) is 0 Å². The molecule has 0 spiro atoms. The number of ether oxygens (including phenoxy) is 2. The van der Waals surface area contributed by atoms with Gasteiger partial charge in [-0.2, -0.15) is 0 Å². The maximum atomic E-state index is 12.0. The summed E-state index contributed by atoms with van der Waals surface area (Å²) in [5.41, 5.74) is 1.10. The summed E-state index contributed by atoms with van der Waals surface area (Å²) < 4.78 is 18.5. The number of rotatable bonds is 11. The Kier molecular flexibility index (Phi) is 9.50. The molecule has 0 aromatic heterocycles. The summed E-state index contributed by atoms with van der Waals surface area (Å²) in [7, 11) is -1.03. The molecule has 0 bridgehead atoms. The molecule has 0 saturated heterocycles. The molecule has 5 heteroatoms. The number of carbonyl (C=O) groups excluding carboxylic acids is 1. The van der Waals surface area contributed by atoms with E-state index >= 15 is 0 Å². The first-order chi connectivity index (χ1) is 17.0. The highest BCUT2D eigenvalue weighted by atomic mass is 28.4. The average Bonchev–Trinajstić information content (AvgIpc) is 2.85. The predicted molar refractivity (Wildman–Crippen MR) is 150 cm³/mol. The first-order valence-electron chi connectivity index (χ1n) is 13.1. The van der Waals surface area contributed by atoms with Gasteiger partial charge in [0.15, 0.2) is 0 Å². The fourth-order valence-corrected chi connectivity index (χ4v) is 10.2. The summed E-state index contributed by atoms with van der Waals surface area (Å²) in [4.78, 5) is 12.0. The van der Waals surface area contributed by atoms with Crippen molar-refractivity contribution in [3.05, 3.63) is 72.3 Å². The minimum Gasteiger partial charge on any atom is -0.403 e. The topological polar surface area (TPSA) is 44.8 Å². The molecule has 0 N–H and O–H groups in total. The lowest BCUT2D eigenvalue weighted by molar-refractivity contribution is -0.117. The van der Waals surface area contributed by atoms with E-state index in [0.717, 1.165) is 12.8 Å². The van der Waals surface area contributed by atoms with Crippen molar-refractivity contribution >= 4 is 24.5 Å². The van der Waals surface area contributed by atoms with Crippen molar-refractivity contribution in [3.63, 3.8) is 0 Å². The molecule has 0 radical (unpaired) electrons. The summed E-state index contributed by atoms with van der Waals surface area (Å²) >= 11 is 0. The lowest BCUT2D eigenvalue weighted by Gasteiger charge is -2.47. The summed E-state index contributed by atoms with van der Waals surface area (Å²) in [6.07, 6.45) is 4.51. The fourth-order valence-electron chi connectivity index (χ4n) is 5.68. The third-order valence-corrected chi connectivity index (χ3v) is 13.0. The van der Waals surface area contributed by atoms with Gasteiger partial charge in [0.2, 0.25) is 0 Å². The highest BCUT2D eigenvalue weighted by Crippen LogP contribution is 2.47. The Morgan fingerprint density at radius 3 is 2.06 bits per heavy atom. The molecule has 0 fully saturated rings. The van der Waals surface area contributed by atoms with Crippen molar-refractivity contribution in [3.8, 4) is 0 Å². The number of hydrogen-bond donors (Lipinski definition) is 0. The number of Topliss-reactive ketones (excluding diaryl/α,β-unsaturated/α-hetero) is 1. The molecule has 36 heavy (non-hydrogen) atoms. The Hall–Kier alpha value is -2.05. The number of ketones is 1. The predicted octanol–water partition coefficient (Wildman–Crippen LogP) is 5.89. The second kappa shape index (κ2) is 12.0. The first kappa shape index (κ1) is 28.5. The van der Waals surface area contributed by atoms with E-state index < -0.39 is 8.32 Å². The lowest BCUT2D eigenvalue weighted by atomic mass is 9.64. The van der Waals surface area contributed by atoms with Crippen LogP contribution in [0.1, 0.15) is 60.8 Å². The first-order valence-corrected chi connectivity index (χ1v) is 15.0. The molecular formula is C31H44O4Si. The summed E-state index contributed by atoms with van der Waals surface area (Å²) in [6.45, 7) is 13.9. The molecule has 4 nitrogen and oxygen atoms in total. The number of carbonyl (C=O) groups is 1. The molecule has 0 aliphatic heterocycles. The lowest BCUT2D eigenvalue weighted by Crippen LogP contribution is -2.66. The van der Waals surface area contributed by atoms with E-state index in [-0.39, 0.29) is 29.1 Å². The molecule has 0 unspecified atom stereocenters. The van der Waals surface area contributed by atoms with Gasteiger partial charge in [-0.15, -0.1) is 0 Å². The van der Waals surface area contributed by atoms with Gasteiger partial charge in [-0.1, -0.05) is 101 Å². The largest absolute Gasteiger partial charge is 0.403 e. The molecule has 0 saturated carbocycles. The third kappa shape index (κ3) is 6.08. The van der Waals surface area contributed by atoms with Crippen LogP contribution in [0.15, 0.2) is 72.3 Å². The zero-order valence-corrected chi connectivity index (χ0v) is 24.2. The average molecular weight is 509 g/mol. The van der Waals surface area contributed by atoms with Crippen LogP contribution in [0.4, 0.5) is 0 Å². The number of hydrogen-bond acceptors (Lipinski definition) is 4. The van der Waals surface area contributed by atoms with E-state index in [2.05, 4.69) is 101 Å². The zero-order chi connectivity index (χ0) is 26.4. The van der Waals surface area contributed by atoms with Crippen LogP contribution in [0.3, 0.4) is 0 Å². The molecular weight excluding hydrogens is 464 g/mol. The standard InChI is InChI=1S/C31H44O4Si/c1-24-20-27(34-23-33-7)21-26(31(24,6)19-18-25(2)32)22-35-36(30(3,4)5,28-14-10-8-11-15-28)29-16-12-9-13-17-29/h8-17,21,24,27H,18-20,22-23H2,1-7H3/t24-,27+,31+/m1/s1. The van der Waals surface area contributed by atoms with Gasteiger partial charge < -0.3 is 18.7 Å². The van der Waals surface area contributed by atoms with Crippen LogP contribution in [0.2, 0.25) is 5.04 Å². The fraction of sp³-hybridized carbons (Fsp3) is 0.516. The minimum atomic E-state index is -2.68. The van der Waals surface area contributed by atoms with Crippen LogP contribution < -0.4 is 10.4 Å². The van der Waals surface area contributed by atoms with Gasteiger partial charge in [-0.25, -0.2) is 0 Å². The normalized spacial score (nSPS) is 22.8. The van der Waals surface area contributed by atoms with Gasteiger partial charge in [0.1, 0.15) is 12.6 Å². The smallest absolute Gasteiger partial charge is 0.261 e. The molecule has 1 aliphatic rings. The zero-order valence-electron chi connectivity index (χ0n) is 23.2. The van der Waals surface area contributed by atoms with Crippen molar-refractivity contribution in [2.24, 2.45) is 11.3 Å². The molecule has 196 valence electrons. The second-order valence-corrected chi connectivity index (χ2v) is 15.8. The number of benzene rings is 2. The molecule has 1 aliphatic carbocycles. The van der Waals surface area contributed by atoms with E-state index in [4.69, 9.17) is 13.9 Å². The van der Waals surface area contributed by atoms with Crippen molar-refractivity contribution in [2.75, 3.05) is 20.5 Å². The van der Waals surface area contributed by atoms with Crippen molar-refractivity contribution < 1.29 is 18.7 Å². The van der Waals surface area contributed by atoms with Crippen LogP contribution in [0.5, 0.6) is 0 Å².